The molecule has 4 rings (SSSR count). The van der Waals surface area contributed by atoms with Gasteiger partial charge in [-0.2, -0.15) is 0 Å². The summed E-state index contributed by atoms with van der Waals surface area (Å²) in [5.74, 6) is -0.464. The van der Waals surface area contributed by atoms with E-state index in [4.69, 9.17) is 5.73 Å². The molecule has 1 aliphatic rings. The Labute approximate surface area is 176 Å². The molecule has 2 heterocycles. The van der Waals surface area contributed by atoms with Crippen molar-refractivity contribution in [2.75, 3.05) is 18.0 Å². The van der Waals surface area contributed by atoms with E-state index < -0.39 is 9.84 Å². The number of nitrogens with two attached hydrogens (primary N) is 1. The van der Waals surface area contributed by atoms with Crippen molar-refractivity contribution in [1.29, 1.82) is 0 Å². The third-order valence-electron chi connectivity index (χ3n) is 5.84. The van der Waals surface area contributed by atoms with Crippen LogP contribution in [0.15, 0.2) is 64.5 Å². The molecule has 3 aromatic rings. The van der Waals surface area contributed by atoms with Gasteiger partial charge in [-0.15, -0.1) is 0 Å². The summed E-state index contributed by atoms with van der Waals surface area (Å²) < 4.78 is 27.1. The van der Waals surface area contributed by atoms with Gasteiger partial charge in [-0.3, -0.25) is 9.78 Å². The summed E-state index contributed by atoms with van der Waals surface area (Å²) in [4.78, 5) is 18.6. The molecule has 6 nitrogen and oxygen atoms in total. The molecule has 0 saturated carbocycles. The van der Waals surface area contributed by atoms with Crippen molar-refractivity contribution in [1.82, 2.24) is 4.98 Å². The first kappa shape index (κ1) is 20.3. The molecule has 1 aromatic heterocycles. The number of sulfone groups is 1. The summed E-state index contributed by atoms with van der Waals surface area (Å²) in [7, 11) is -3.76. The van der Waals surface area contributed by atoms with Gasteiger partial charge in [0.05, 0.1) is 16.1 Å². The number of benzene rings is 2. The zero-order chi connectivity index (χ0) is 21.3. The number of nitrogens with zero attached hydrogens (tertiary/aromatic N) is 2. The van der Waals surface area contributed by atoms with Crippen LogP contribution in [0.2, 0.25) is 0 Å². The largest absolute Gasteiger partial charge is 0.370 e. The molecule has 0 atom stereocenters. The van der Waals surface area contributed by atoms with Gasteiger partial charge in [0.1, 0.15) is 4.90 Å². The average Bonchev–Trinajstić information content (AvgIpc) is 2.78. The highest BCUT2D eigenvalue weighted by Crippen LogP contribution is 2.38. The van der Waals surface area contributed by atoms with Crippen molar-refractivity contribution in [2.45, 2.75) is 36.0 Å². The first-order valence-electron chi connectivity index (χ1n) is 10.2. The SMILES string of the molecule is CCc1ccc2ncc(S(=O)(=O)c3ccccc3)c(N3CCC(C(N)=O)CC3)c2c1. The number of primary amides is 1. The minimum Gasteiger partial charge on any atom is -0.370 e. The Hall–Kier alpha value is -2.93. The van der Waals surface area contributed by atoms with Gasteiger partial charge in [0.2, 0.25) is 15.7 Å². The topological polar surface area (TPSA) is 93.4 Å². The van der Waals surface area contributed by atoms with Crippen LogP contribution in [0, 0.1) is 5.92 Å². The molecule has 1 fully saturated rings. The van der Waals surface area contributed by atoms with Crippen molar-refractivity contribution in [2.24, 2.45) is 11.7 Å². The maximum Gasteiger partial charge on any atom is 0.220 e. The number of rotatable bonds is 5. The van der Waals surface area contributed by atoms with Gasteiger partial charge in [-0.1, -0.05) is 31.2 Å². The van der Waals surface area contributed by atoms with Crippen LogP contribution in [0.3, 0.4) is 0 Å². The molecule has 2 aromatic carbocycles. The summed E-state index contributed by atoms with van der Waals surface area (Å²) in [5, 5.41) is 0.823. The molecular formula is C23H25N3O3S. The summed E-state index contributed by atoms with van der Waals surface area (Å²) >= 11 is 0. The van der Waals surface area contributed by atoms with E-state index in [2.05, 4.69) is 16.8 Å². The van der Waals surface area contributed by atoms with E-state index in [9.17, 15) is 13.2 Å². The summed E-state index contributed by atoms with van der Waals surface area (Å²) in [6, 6.07) is 14.4. The second-order valence-corrected chi connectivity index (χ2v) is 9.57. The lowest BCUT2D eigenvalue weighted by atomic mass is 9.95. The molecule has 0 aliphatic carbocycles. The van der Waals surface area contributed by atoms with Gasteiger partial charge in [-0.05, 0) is 49.1 Å². The third kappa shape index (κ3) is 3.65. The number of hydrogen-bond acceptors (Lipinski definition) is 5. The number of aryl methyl sites for hydroxylation is 1. The highest BCUT2D eigenvalue weighted by Gasteiger charge is 2.30. The second-order valence-electron chi connectivity index (χ2n) is 7.66. The predicted octanol–water partition coefficient (Wildman–Crippen LogP) is 3.33. The van der Waals surface area contributed by atoms with Gasteiger partial charge < -0.3 is 10.6 Å². The minimum atomic E-state index is -3.76. The molecule has 1 aliphatic heterocycles. The molecule has 156 valence electrons. The third-order valence-corrected chi connectivity index (χ3v) is 7.61. The van der Waals surface area contributed by atoms with Crippen LogP contribution < -0.4 is 10.6 Å². The summed E-state index contributed by atoms with van der Waals surface area (Å²) in [6.07, 6.45) is 3.52. The lowest BCUT2D eigenvalue weighted by molar-refractivity contribution is -0.122. The number of carbonyl (C=O) groups is 1. The van der Waals surface area contributed by atoms with E-state index in [1.807, 2.05) is 18.2 Å². The number of aromatic nitrogens is 1. The minimum absolute atomic E-state index is 0.172. The first-order valence-corrected chi connectivity index (χ1v) is 11.7. The van der Waals surface area contributed by atoms with E-state index in [1.54, 1.807) is 30.3 Å². The Morgan fingerprint density at radius 2 is 1.83 bits per heavy atom. The van der Waals surface area contributed by atoms with Crippen LogP contribution in [-0.2, 0) is 21.1 Å². The molecule has 30 heavy (non-hydrogen) atoms. The van der Waals surface area contributed by atoms with Crippen LogP contribution in [0.5, 0.6) is 0 Å². The molecule has 2 N–H and O–H groups in total. The molecular weight excluding hydrogens is 398 g/mol. The van der Waals surface area contributed by atoms with Crippen molar-refractivity contribution in [3.63, 3.8) is 0 Å². The zero-order valence-electron chi connectivity index (χ0n) is 16.9. The Balaban J connectivity index is 1.90. The molecule has 1 saturated heterocycles. The lowest BCUT2D eigenvalue weighted by Crippen LogP contribution is -2.39. The fourth-order valence-electron chi connectivity index (χ4n) is 4.06. The van der Waals surface area contributed by atoms with E-state index in [0.29, 0.717) is 31.6 Å². The van der Waals surface area contributed by atoms with Crippen LogP contribution in [-0.4, -0.2) is 32.4 Å². The molecule has 0 unspecified atom stereocenters. The molecule has 0 bridgehead atoms. The normalized spacial score (nSPS) is 15.4. The number of amides is 1. The molecule has 0 spiro atoms. The number of carbonyl (C=O) groups excluding carboxylic acids is 1. The van der Waals surface area contributed by atoms with E-state index in [0.717, 1.165) is 22.9 Å². The van der Waals surface area contributed by atoms with Crippen molar-refractivity contribution >= 4 is 32.3 Å². The average molecular weight is 424 g/mol. The standard InChI is InChI=1S/C23H25N3O3S/c1-2-16-8-9-20-19(14-16)22(26-12-10-17(11-13-26)23(24)27)21(15-25-20)30(28,29)18-6-4-3-5-7-18/h3-9,14-15,17H,2,10-13H2,1H3,(H2,24,27). The van der Waals surface area contributed by atoms with Gasteiger partial charge >= 0.3 is 0 Å². The highest BCUT2D eigenvalue weighted by molar-refractivity contribution is 7.91. The van der Waals surface area contributed by atoms with Gasteiger partial charge in [-0.25, -0.2) is 8.42 Å². The number of hydrogen-bond donors (Lipinski definition) is 1. The second kappa shape index (κ2) is 8.07. The number of fused-ring (bicyclic) bond motifs is 1. The van der Waals surface area contributed by atoms with E-state index in [1.165, 1.54) is 6.20 Å². The van der Waals surface area contributed by atoms with Crippen LogP contribution in [0.4, 0.5) is 5.69 Å². The highest BCUT2D eigenvalue weighted by atomic mass is 32.2. The predicted molar refractivity (Wildman–Crippen MR) is 117 cm³/mol. The van der Waals surface area contributed by atoms with E-state index >= 15 is 0 Å². The van der Waals surface area contributed by atoms with Gasteiger partial charge in [0.15, 0.2) is 0 Å². The Bertz CT molecular complexity index is 1190. The number of anilines is 1. The lowest BCUT2D eigenvalue weighted by Gasteiger charge is -2.34. The fraction of sp³-hybridized carbons (Fsp3) is 0.304. The number of pyridine rings is 1. The zero-order valence-corrected chi connectivity index (χ0v) is 17.7. The Morgan fingerprint density at radius 1 is 1.13 bits per heavy atom. The van der Waals surface area contributed by atoms with E-state index in [-0.39, 0.29) is 21.6 Å². The summed E-state index contributed by atoms with van der Waals surface area (Å²) in [6.45, 7) is 3.21. The van der Waals surface area contributed by atoms with Crippen LogP contribution in [0.1, 0.15) is 25.3 Å². The number of piperidine rings is 1. The van der Waals surface area contributed by atoms with Crippen molar-refractivity contribution in [3.05, 3.63) is 60.3 Å². The molecule has 0 radical (unpaired) electrons. The fourth-order valence-corrected chi connectivity index (χ4v) is 5.52. The Morgan fingerprint density at radius 3 is 2.47 bits per heavy atom. The quantitative estimate of drug-likeness (QED) is 0.679. The monoisotopic (exact) mass is 423 g/mol. The molecule has 1 amide bonds. The maximum absolute atomic E-state index is 13.5. The van der Waals surface area contributed by atoms with Crippen molar-refractivity contribution < 1.29 is 13.2 Å². The van der Waals surface area contributed by atoms with Gasteiger partial charge in [0, 0.05) is 30.6 Å². The molecule has 7 heteroatoms. The maximum atomic E-state index is 13.5. The Kier molecular flexibility index (Phi) is 5.47. The smallest absolute Gasteiger partial charge is 0.220 e. The first-order chi connectivity index (χ1) is 14.4. The summed E-state index contributed by atoms with van der Waals surface area (Å²) in [5.41, 5.74) is 8.03. The van der Waals surface area contributed by atoms with Crippen LogP contribution >= 0.6 is 0 Å². The van der Waals surface area contributed by atoms with Gasteiger partial charge in [0.25, 0.3) is 0 Å². The van der Waals surface area contributed by atoms with Crippen molar-refractivity contribution in [3.8, 4) is 0 Å². The van der Waals surface area contributed by atoms with Crippen LogP contribution in [0.25, 0.3) is 10.9 Å².